The van der Waals surface area contributed by atoms with E-state index in [4.69, 9.17) is 10.5 Å². The average Bonchev–Trinajstić information content (AvgIpc) is 2.86. The number of rotatable bonds is 8. The SMILES string of the molecule is C=C/C=C(/C=C/CN1CCC(C2Cc3c(ccc(C)c3O)C(CN)O2)CC1)C/C=C\C.CC. The number of likely N-dealkylation sites (tertiary alicyclic amines) is 1. The number of piperidine rings is 1. The molecule has 2 aliphatic rings. The second kappa shape index (κ2) is 14.2. The number of aromatic hydroxyl groups is 1. The zero-order chi connectivity index (χ0) is 24.2. The first-order valence-electron chi connectivity index (χ1n) is 12.6. The van der Waals surface area contributed by atoms with E-state index in [1.54, 1.807) is 0 Å². The van der Waals surface area contributed by atoms with Gasteiger partial charge in [0.1, 0.15) is 5.75 Å². The van der Waals surface area contributed by atoms with Crippen LogP contribution in [0.3, 0.4) is 0 Å². The van der Waals surface area contributed by atoms with Crippen molar-refractivity contribution >= 4 is 0 Å². The van der Waals surface area contributed by atoms with Gasteiger partial charge in [-0.05, 0) is 68.8 Å². The highest BCUT2D eigenvalue weighted by atomic mass is 16.5. The monoisotopic (exact) mass is 452 g/mol. The molecule has 0 amide bonds. The van der Waals surface area contributed by atoms with Crippen LogP contribution in [0.25, 0.3) is 0 Å². The Labute approximate surface area is 201 Å². The molecule has 3 rings (SSSR count). The quantitative estimate of drug-likeness (QED) is 0.374. The van der Waals surface area contributed by atoms with Gasteiger partial charge >= 0.3 is 0 Å². The van der Waals surface area contributed by atoms with Crippen LogP contribution in [0, 0.1) is 12.8 Å². The Kier molecular flexibility index (Phi) is 11.7. The van der Waals surface area contributed by atoms with Crippen LogP contribution in [0.2, 0.25) is 0 Å². The van der Waals surface area contributed by atoms with E-state index >= 15 is 0 Å². The number of aryl methyl sites for hydroxylation is 1. The van der Waals surface area contributed by atoms with Gasteiger partial charge in [0.05, 0.1) is 12.2 Å². The van der Waals surface area contributed by atoms with Crippen LogP contribution >= 0.6 is 0 Å². The fraction of sp³-hybridized carbons (Fsp3) is 0.517. The Morgan fingerprint density at radius 2 is 1.97 bits per heavy atom. The van der Waals surface area contributed by atoms with E-state index < -0.39 is 0 Å². The molecule has 0 saturated carbocycles. The fourth-order valence-corrected chi connectivity index (χ4v) is 4.74. The molecule has 2 aliphatic heterocycles. The van der Waals surface area contributed by atoms with Crippen molar-refractivity contribution in [2.75, 3.05) is 26.2 Å². The third-order valence-corrected chi connectivity index (χ3v) is 6.60. The van der Waals surface area contributed by atoms with Crippen molar-refractivity contribution in [1.82, 2.24) is 4.90 Å². The summed E-state index contributed by atoms with van der Waals surface area (Å²) in [4.78, 5) is 2.51. The Balaban J connectivity index is 0.00000187. The van der Waals surface area contributed by atoms with Crippen molar-refractivity contribution in [3.63, 3.8) is 0 Å². The minimum Gasteiger partial charge on any atom is -0.507 e. The predicted octanol–water partition coefficient (Wildman–Crippen LogP) is 6.01. The van der Waals surface area contributed by atoms with Crippen LogP contribution in [0.15, 0.2) is 60.7 Å². The minimum atomic E-state index is -0.117. The van der Waals surface area contributed by atoms with Gasteiger partial charge in [-0.25, -0.2) is 0 Å². The molecule has 2 unspecified atom stereocenters. The molecule has 1 aromatic carbocycles. The summed E-state index contributed by atoms with van der Waals surface area (Å²) in [6, 6.07) is 4.03. The molecule has 1 fully saturated rings. The smallest absolute Gasteiger partial charge is 0.122 e. The van der Waals surface area contributed by atoms with Crippen molar-refractivity contribution in [2.24, 2.45) is 11.7 Å². The van der Waals surface area contributed by atoms with Crippen LogP contribution in [-0.4, -0.2) is 42.3 Å². The molecular formula is C29H44N2O2. The lowest BCUT2D eigenvalue weighted by molar-refractivity contribution is -0.0641. The van der Waals surface area contributed by atoms with Gasteiger partial charge in [-0.1, -0.05) is 69.0 Å². The summed E-state index contributed by atoms with van der Waals surface area (Å²) in [6.45, 7) is 15.4. The van der Waals surface area contributed by atoms with Gasteiger partial charge in [0.15, 0.2) is 0 Å². The van der Waals surface area contributed by atoms with E-state index in [1.807, 2.05) is 39.8 Å². The molecule has 1 aromatic rings. The van der Waals surface area contributed by atoms with Crippen LogP contribution in [0.5, 0.6) is 5.75 Å². The van der Waals surface area contributed by atoms with Gasteiger partial charge in [-0.15, -0.1) is 0 Å². The van der Waals surface area contributed by atoms with E-state index in [9.17, 15) is 5.11 Å². The second-order valence-electron chi connectivity index (χ2n) is 8.69. The largest absolute Gasteiger partial charge is 0.507 e. The third kappa shape index (κ3) is 7.43. The molecule has 4 heteroatoms. The molecule has 2 atom stereocenters. The van der Waals surface area contributed by atoms with Gasteiger partial charge in [-0.2, -0.15) is 0 Å². The van der Waals surface area contributed by atoms with Crippen molar-refractivity contribution in [3.05, 3.63) is 77.4 Å². The summed E-state index contributed by atoms with van der Waals surface area (Å²) in [7, 11) is 0. The molecule has 0 aromatic heterocycles. The highest BCUT2D eigenvalue weighted by molar-refractivity contribution is 5.47. The van der Waals surface area contributed by atoms with Gasteiger partial charge in [0, 0.05) is 25.1 Å². The number of allylic oxidation sites excluding steroid dienone is 6. The first-order chi connectivity index (χ1) is 16.1. The Morgan fingerprint density at radius 3 is 2.61 bits per heavy atom. The molecule has 182 valence electrons. The highest BCUT2D eigenvalue weighted by Gasteiger charge is 2.35. The predicted molar refractivity (Wildman–Crippen MR) is 141 cm³/mol. The number of nitrogens with zero attached hydrogens (tertiary/aromatic N) is 1. The first kappa shape index (κ1) is 27.1. The molecule has 0 spiro atoms. The lowest BCUT2D eigenvalue weighted by Crippen LogP contribution is -2.42. The number of fused-ring (bicyclic) bond motifs is 1. The van der Waals surface area contributed by atoms with Crippen LogP contribution < -0.4 is 5.73 Å². The zero-order valence-electron chi connectivity index (χ0n) is 21.1. The number of nitrogens with two attached hydrogens (primary N) is 1. The normalized spacial score (nSPS) is 22.3. The van der Waals surface area contributed by atoms with E-state index in [1.165, 1.54) is 5.57 Å². The molecule has 3 N–H and O–H groups in total. The summed E-state index contributed by atoms with van der Waals surface area (Å²) in [6.07, 6.45) is 16.6. The van der Waals surface area contributed by atoms with Gasteiger partial charge in [0.25, 0.3) is 0 Å². The van der Waals surface area contributed by atoms with Crippen molar-refractivity contribution < 1.29 is 9.84 Å². The van der Waals surface area contributed by atoms with Crippen molar-refractivity contribution in [2.45, 2.75) is 65.6 Å². The molecule has 0 aliphatic carbocycles. The van der Waals surface area contributed by atoms with Crippen molar-refractivity contribution in [3.8, 4) is 5.75 Å². The van der Waals surface area contributed by atoms with Crippen LogP contribution in [0.4, 0.5) is 0 Å². The average molecular weight is 453 g/mol. The highest BCUT2D eigenvalue weighted by Crippen LogP contribution is 2.40. The van der Waals surface area contributed by atoms with E-state index in [0.717, 1.165) is 62.0 Å². The standard InChI is InChI=1S/C27H38N2O2.C2H6/c1-4-6-9-21(8-5-2)10-7-15-29-16-13-22(14-17-29)25-18-24-23(26(19-28)31-25)12-11-20(3)27(24)30;1-2/h4-8,10-12,22,25-26,30H,2,9,13-19,28H2,1,3H3;1-2H3/b6-4-,10-7+,21-8+;. The fourth-order valence-electron chi connectivity index (χ4n) is 4.74. The van der Waals surface area contributed by atoms with Crippen molar-refractivity contribution in [1.29, 1.82) is 0 Å². The summed E-state index contributed by atoms with van der Waals surface area (Å²) >= 11 is 0. The summed E-state index contributed by atoms with van der Waals surface area (Å²) in [5.74, 6) is 0.932. The second-order valence-corrected chi connectivity index (χ2v) is 8.69. The number of phenols is 1. The zero-order valence-corrected chi connectivity index (χ0v) is 21.1. The molecule has 4 nitrogen and oxygen atoms in total. The lowest BCUT2D eigenvalue weighted by atomic mass is 9.83. The Hall–Kier alpha value is -2.14. The first-order valence-corrected chi connectivity index (χ1v) is 12.6. The molecule has 1 saturated heterocycles. The van der Waals surface area contributed by atoms with Crippen LogP contribution in [-0.2, 0) is 11.2 Å². The molecule has 2 heterocycles. The topological polar surface area (TPSA) is 58.7 Å². The number of hydrogen-bond acceptors (Lipinski definition) is 4. The van der Waals surface area contributed by atoms with Gasteiger partial charge in [-0.3, -0.25) is 4.90 Å². The van der Waals surface area contributed by atoms with Gasteiger partial charge < -0.3 is 15.6 Å². The number of hydrogen-bond donors (Lipinski definition) is 2. The maximum atomic E-state index is 10.6. The molecule has 0 bridgehead atoms. The number of benzene rings is 1. The van der Waals surface area contributed by atoms with Crippen LogP contribution in [0.1, 0.15) is 62.8 Å². The summed E-state index contributed by atoms with van der Waals surface area (Å²) < 4.78 is 6.42. The van der Waals surface area contributed by atoms with E-state index in [2.05, 4.69) is 47.9 Å². The summed E-state index contributed by atoms with van der Waals surface area (Å²) in [5, 5.41) is 10.6. The maximum absolute atomic E-state index is 10.6. The Morgan fingerprint density at radius 1 is 1.24 bits per heavy atom. The Bertz CT molecular complexity index is 832. The number of ether oxygens (including phenoxy) is 1. The maximum Gasteiger partial charge on any atom is 0.122 e. The third-order valence-electron chi connectivity index (χ3n) is 6.60. The minimum absolute atomic E-state index is 0.117. The molecular weight excluding hydrogens is 408 g/mol. The van der Waals surface area contributed by atoms with Gasteiger partial charge in [0.2, 0.25) is 0 Å². The number of phenolic OH excluding ortho intramolecular Hbond substituents is 1. The molecule has 0 radical (unpaired) electrons. The summed E-state index contributed by atoms with van der Waals surface area (Å²) in [5.41, 5.74) is 10.3. The molecule has 33 heavy (non-hydrogen) atoms. The lowest BCUT2D eigenvalue weighted by Gasteiger charge is -2.40. The van der Waals surface area contributed by atoms with E-state index in [0.29, 0.717) is 18.2 Å². The van der Waals surface area contributed by atoms with E-state index in [-0.39, 0.29) is 12.2 Å².